The molecular weight excluding hydrogens is 282 g/mol. The molecule has 3 rings (SSSR count). The Morgan fingerprint density at radius 3 is 2.95 bits per heavy atom. The Morgan fingerprint density at radius 2 is 2.29 bits per heavy atom. The van der Waals surface area contributed by atoms with E-state index < -0.39 is 0 Å². The van der Waals surface area contributed by atoms with Gasteiger partial charge in [-0.05, 0) is 31.2 Å². The fourth-order valence-electron chi connectivity index (χ4n) is 2.39. The van der Waals surface area contributed by atoms with E-state index in [2.05, 4.69) is 32.6 Å². The molecule has 1 aliphatic rings. The zero-order valence-electron chi connectivity index (χ0n) is 12.4. The van der Waals surface area contributed by atoms with Crippen molar-refractivity contribution in [3.05, 3.63) is 36.4 Å². The number of aromatic nitrogens is 5. The summed E-state index contributed by atoms with van der Waals surface area (Å²) in [6.45, 7) is 4.65. The maximum atomic E-state index is 4.37. The number of rotatable bonds is 8. The lowest BCUT2D eigenvalue weighted by Gasteiger charge is -2.06. The molecule has 0 N–H and O–H groups in total. The first-order valence-electron chi connectivity index (χ1n) is 7.42. The van der Waals surface area contributed by atoms with Crippen LogP contribution < -0.4 is 0 Å². The highest BCUT2D eigenvalue weighted by molar-refractivity contribution is 7.99. The Morgan fingerprint density at radius 1 is 1.43 bits per heavy atom. The molecule has 1 fully saturated rings. The van der Waals surface area contributed by atoms with E-state index in [1.54, 1.807) is 11.8 Å². The summed E-state index contributed by atoms with van der Waals surface area (Å²) in [5.41, 5.74) is 1.30. The summed E-state index contributed by atoms with van der Waals surface area (Å²) in [4.78, 5) is 0. The number of nitrogens with zero attached hydrogens (tertiary/aromatic N) is 5. The average molecular weight is 303 g/mol. The molecule has 2 aromatic heterocycles. The number of hydrogen-bond donors (Lipinski definition) is 0. The summed E-state index contributed by atoms with van der Waals surface area (Å²) in [5, 5.41) is 13.9. The summed E-state index contributed by atoms with van der Waals surface area (Å²) in [6.07, 6.45) is 10.6. The minimum atomic E-state index is 0.627. The van der Waals surface area contributed by atoms with Gasteiger partial charge in [-0.15, -0.1) is 16.8 Å². The van der Waals surface area contributed by atoms with Crippen molar-refractivity contribution in [3.63, 3.8) is 0 Å². The molecule has 5 nitrogen and oxygen atoms in total. The van der Waals surface area contributed by atoms with E-state index in [9.17, 15) is 0 Å². The van der Waals surface area contributed by atoms with Crippen LogP contribution in [0.1, 0.15) is 36.6 Å². The Balaban J connectivity index is 1.53. The second-order valence-electron chi connectivity index (χ2n) is 5.49. The Kier molecular flexibility index (Phi) is 4.43. The van der Waals surface area contributed by atoms with Crippen LogP contribution in [0, 0.1) is 0 Å². The summed E-state index contributed by atoms with van der Waals surface area (Å²) >= 11 is 1.79. The second kappa shape index (κ2) is 6.47. The highest BCUT2D eigenvalue weighted by atomic mass is 32.2. The van der Waals surface area contributed by atoms with E-state index in [1.807, 2.05) is 24.0 Å². The normalized spacial score (nSPS) is 14.5. The van der Waals surface area contributed by atoms with Gasteiger partial charge in [0, 0.05) is 31.5 Å². The van der Waals surface area contributed by atoms with Crippen molar-refractivity contribution in [1.29, 1.82) is 0 Å². The monoisotopic (exact) mass is 303 g/mol. The van der Waals surface area contributed by atoms with Crippen molar-refractivity contribution >= 4 is 11.8 Å². The molecule has 0 aliphatic heterocycles. The van der Waals surface area contributed by atoms with Gasteiger partial charge >= 0.3 is 0 Å². The first-order chi connectivity index (χ1) is 10.3. The zero-order valence-corrected chi connectivity index (χ0v) is 13.2. The average Bonchev–Trinajstić information content (AvgIpc) is 3.12. The maximum Gasteiger partial charge on any atom is 0.191 e. The number of hydrogen-bond acceptors (Lipinski definition) is 4. The molecule has 112 valence electrons. The van der Waals surface area contributed by atoms with E-state index in [0.717, 1.165) is 36.1 Å². The SMILES string of the molecule is C=CCn1c(SCCCc2cnn(C)c2)nnc1C1CC1. The van der Waals surface area contributed by atoms with Crippen molar-refractivity contribution in [2.75, 3.05) is 5.75 Å². The van der Waals surface area contributed by atoms with Crippen LogP contribution in [-0.2, 0) is 20.0 Å². The third-order valence-electron chi connectivity index (χ3n) is 3.60. The predicted molar refractivity (Wildman–Crippen MR) is 84.4 cm³/mol. The highest BCUT2D eigenvalue weighted by Crippen LogP contribution is 2.40. The topological polar surface area (TPSA) is 48.5 Å². The van der Waals surface area contributed by atoms with Crippen molar-refractivity contribution in [3.8, 4) is 0 Å². The van der Waals surface area contributed by atoms with Gasteiger partial charge in [0.15, 0.2) is 5.16 Å². The molecule has 0 spiro atoms. The number of aryl methyl sites for hydroxylation is 2. The van der Waals surface area contributed by atoms with E-state index in [1.165, 1.54) is 18.4 Å². The fraction of sp³-hybridized carbons (Fsp3) is 0.533. The highest BCUT2D eigenvalue weighted by Gasteiger charge is 2.29. The minimum Gasteiger partial charge on any atom is -0.302 e. The summed E-state index contributed by atoms with van der Waals surface area (Å²) in [5.74, 6) is 2.82. The smallest absolute Gasteiger partial charge is 0.191 e. The van der Waals surface area contributed by atoms with Gasteiger partial charge in [-0.3, -0.25) is 4.68 Å². The predicted octanol–water partition coefficient (Wildman–Crippen LogP) is 2.80. The van der Waals surface area contributed by atoms with Gasteiger partial charge in [-0.2, -0.15) is 5.10 Å². The third-order valence-corrected chi connectivity index (χ3v) is 4.65. The molecule has 6 heteroatoms. The lowest BCUT2D eigenvalue weighted by atomic mass is 10.2. The molecule has 2 heterocycles. The van der Waals surface area contributed by atoms with Gasteiger partial charge in [-0.25, -0.2) is 0 Å². The van der Waals surface area contributed by atoms with Gasteiger partial charge < -0.3 is 4.57 Å². The van der Waals surface area contributed by atoms with Gasteiger partial charge in [0.05, 0.1) is 6.20 Å². The first kappa shape index (κ1) is 14.4. The molecule has 21 heavy (non-hydrogen) atoms. The molecule has 0 amide bonds. The maximum absolute atomic E-state index is 4.37. The second-order valence-corrected chi connectivity index (χ2v) is 6.55. The molecule has 1 aliphatic carbocycles. The van der Waals surface area contributed by atoms with E-state index >= 15 is 0 Å². The minimum absolute atomic E-state index is 0.627. The lowest BCUT2D eigenvalue weighted by molar-refractivity contribution is 0.681. The first-order valence-corrected chi connectivity index (χ1v) is 8.41. The molecule has 0 radical (unpaired) electrons. The van der Waals surface area contributed by atoms with Crippen LogP contribution in [0.25, 0.3) is 0 Å². The van der Waals surface area contributed by atoms with Crippen molar-refractivity contribution in [1.82, 2.24) is 24.5 Å². The molecule has 2 aromatic rings. The molecule has 0 saturated heterocycles. The van der Waals surface area contributed by atoms with E-state index in [0.29, 0.717) is 5.92 Å². The molecule has 0 bridgehead atoms. The Labute approximate surface area is 129 Å². The quantitative estimate of drug-likeness (QED) is 0.427. The van der Waals surface area contributed by atoms with Gasteiger partial charge in [-0.1, -0.05) is 17.8 Å². The summed E-state index contributed by atoms with van der Waals surface area (Å²) in [7, 11) is 1.95. The van der Waals surface area contributed by atoms with E-state index in [-0.39, 0.29) is 0 Å². The van der Waals surface area contributed by atoms with Crippen LogP contribution >= 0.6 is 11.8 Å². The largest absolute Gasteiger partial charge is 0.302 e. The van der Waals surface area contributed by atoms with Crippen LogP contribution in [-0.4, -0.2) is 30.3 Å². The van der Waals surface area contributed by atoms with Crippen molar-refractivity contribution < 1.29 is 0 Å². The lowest BCUT2D eigenvalue weighted by Crippen LogP contribution is -2.03. The van der Waals surface area contributed by atoms with Crippen LogP contribution in [0.5, 0.6) is 0 Å². The van der Waals surface area contributed by atoms with Crippen molar-refractivity contribution in [2.24, 2.45) is 7.05 Å². The number of allylic oxidation sites excluding steroid dienone is 1. The Hall–Kier alpha value is -1.56. The molecular formula is C15H21N5S. The third kappa shape index (κ3) is 3.56. The van der Waals surface area contributed by atoms with Gasteiger partial charge in [0.2, 0.25) is 0 Å². The molecule has 0 unspecified atom stereocenters. The summed E-state index contributed by atoms with van der Waals surface area (Å²) < 4.78 is 4.07. The van der Waals surface area contributed by atoms with Gasteiger partial charge in [0.1, 0.15) is 5.82 Å². The van der Waals surface area contributed by atoms with Crippen LogP contribution in [0.4, 0.5) is 0 Å². The van der Waals surface area contributed by atoms with E-state index in [4.69, 9.17) is 0 Å². The molecule has 0 aromatic carbocycles. The van der Waals surface area contributed by atoms with Crippen molar-refractivity contribution in [2.45, 2.75) is 43.3 Å². The van der Waals surface area contributed by atoms with Crippen LogP contribution in [0.15, 0.2) is 30.2 Å². The van der Waals surface area contributed by atoms with Crippen LogP contribution in [0.3, 0.4) is 0 Å². The summed E-state index contributed by atoms with van der Waals surface area (Å²) in [6, 6.07) is 0. The zero-order chi connectivity index (χ0) is 14.7. The molecule has 1 saturated carbocycles. The fourth-order valence-corrected chi connectivity index (χ4v) is 3.29. The standard InChI is InChI=1S/C15H21N5S/c1-3-8-20-14(13-6-7-13)17-18-15(20)21-9-4-5-12-10-16-19(2)11-12/h3,10-11,13H,1,4-9H2,2H3. The Bertz CT molecular complexity index is 611. The van der Waals surface area contributed by atoms with Crippen LogP contribution in [0.2, 0.25) is 0 Å². The molecule has 0 atom stereocenters. The van der Waals surface area contributed by atoms with Gasteiger partial charge in [0.25, 0.3) is 0 Å². The number of thioether (sulfide) groups is 1.